The Morgan fingerprint density at radius 1 is 1.14 bits per heavy atom. The zero-order chi connectivity index (χ0) is 19.3. The van der Waals surface area contributed by atoms with Gasteiger partial charge in [-0.1, -0.05) is 48.5 Å². The number of hydrogen-bond acceptors (Lipinski definition) is 5. The Labute approximate surface area is 173 Å². The van der Waals surface area contributed by atoms with Crippen LogP contribution in [0, 0.1) is 6.92 Å². The maximum Gasteiger partial charge on any atom is 0.161 e. The summed E-state index contributed by atoms with van der Waals surface area (Å²) in [5.74, 6) is 1.75. The number of amidine groups is 1. The van der Waals surface area contributed by atoms with E-state index in [0.717, 1.165) is 45.1 Å². The van der Waals surface area contributed by atoms with Gasteiger partial charge in [-0.15, -0.1) is 0 Å². The molecule has 5 rings (SSSR count). The Morgan fingerprint density at radius 2 is 2.04 bits per heavy atom. The van der Waals surface area contributed by atoms with Gasteiger partial charge in [0.15, 0.2) is 5.17 Å². The van der Waals surface area contributed by atoms with E-state index >= 15 is 0 Å². The lowest BCUT2D eigenvalue weighted by Gasteiger charge is -2.25. The van der Waals surface area contributed by atoms with Gasteiger partial charge in [0, 0.05) is 28.6 Å². The third-order valence-electron chi connectivity index (χ3n) is 5.33. The van der Waals surface area contributed by atoms with Crippen LogP contribution < -0.4 is 0 Å². The lowest BCUT2D eigenvalue weighted by atomic mass is 10.0. The molecule has 2 aliphatic heterocycles. The number of pyridine rings is 1. The van der Waals surface area contributed by atoms with Crippen LogP contribution in [0.3, 0.4) is 0 Å². The Hall–Kier alpha value is -2.24. The van der Waals surface area contributed by atoms with Crippen LogP contribution in [0.15, 0.2) is 64.1 Å². The first kappa shape index (κ1) is 17.8. The molecule has 28 heavy (non-hydrogen) atoms. The highest BCUT2D eigenvalue weighted by molar-refractivity contribution is 8.14. The van der Waals surface area contributed by atoms with E-state index in [1.165, 1.54) is 0 Å². The van der Waals surface area contributed by atoms with Gasteiger partial charge in [0.05, 0.1) is 5.69 Å². The molecule has 3 aromatic rings. The second-order valence-electron chi connectivity index (χ2n) is 7.25. The minimum Gasteiger partial charge on any atom is -0.459 e. The van der Waals surface area contributed by atoms with E-state index in [2.05, 4.69) is 22.9 Å². The summed E-state index contributed by atoms with van der Waals surface area (Å²) in [7, 11) is 0. The highest BCUT2D eigenvalue weighted by Crippen LogP contribution is 2.48. The summed E-state index contributed by atoms with van der Waals surface area (Å²) < 4.78 is 6.37. The lowest BCUT2D eigenvalue weighted by molar-refractivity contribution is 0.277. The first-order valence-electron chi connectivity index (χ1n) is 9.39. The number of furan rings is 1. The summed E-state index contributed by atoms with van der Waals surface area (Å²) in [5.41, 5.74) is 3.02. The largest absolute Gasteiger partial charge is 0.459 e. The lowest BCUT2D eigenvalue weighted by Crippen LogP contribution is -2.28. The van der Waals surface area contributed by atoms with Gasteiger partial charge >= 0.3 is 0 Å². The summed E-state index contributed by atoms with van der Waals surface area (Å²) >= 11 is 8.14. The molecule has 0 saturated carbocycles. The van der Waals surface area contributed by atoms with Crippen molar-refractivity contribution in [2.75, 3.05) is 6.54 Å². The first-order chi connectivity index (χ1) is 13.6. The van der Waals surface area contributed by atoms with Crippen molar-refractivity contribution < 1.29 is 4.42 Å². The zero-order valence-corrected chi connectivity index (χ0v) is 17.2. The van der Waals surface area contributed by atoms with Crippen LogP contribution >= 0.6 is 23.4 Å². The molecule has 0 amide bonds. The molecule has 1 saturated heterocycles. The Morgan fingerprint density at radius 3 is 2.86 bits per heavy atom. The van der Waals surface area contributed by atoms with E-state index < -0.39 is 0 Å². The van der Waals surface area contributed by atoms with Crippen molar-refractivity contribution in [2.45, 2.75) is 31.2 Å². The fourth-order valence-corrected chi connectivity index (χ4v) is 5.22. The highest BCUT2D eigenvalue weighted by Gasteiger charge is 2.45. The number of aliphatic imine (C=N–C) groups is 1. The van der Waals surface area contributed by atoms with Crippen molar-refractivity contribution in [3.63, 3.8) is 0 Å². The topological polar surface area (TPSA) is 41.6 Å². The van der Waals surface area contributed by atoms with Crippen LogP contribution in [0.2, 0.25) is 5.02 Å². The molecule has 2 aliphatic rings. The monoisotopic (exact) mass is 409 g/mol. The molecule has 0 aliphatic carbocycles. The molecular formula is C22H20ClN3OS. The third kappa shape index (κ3) is 2.93. The summed E-state index contributed by atoms with van der Waals surface area (Å²) in [4.78, 5) is 11.9. The quantitative estimate of drug-likeness (QED) is 0.540. The predicted octanol–water partition coefficient (Wildman–Crippen LogP) is 5.89. The Kier molecular flexibility index (Phi) is 4.44. The molecule has 142 valence electrons. The van der Waals surface area contributed by atoms with Gasteiger partial charge in [0.2, 0.25) is 0 Å². The van der Waals surface area contributed by atoms with Crippen LogP contribution in [0.5, 0.6) is 0 Å². The molecule has 0 bridgehead atoms. The Bertz CT molecular complexity index is 1050. The summed E-state index contributed by atoms with van der Waals surface area (Å²) in [6, 6.07) is 16.0. The van der Waals surface area contributed by atoms with Gasteiger partial charge in [0.25, 0.3) is 0 Å². The maximum absolute atomic E-state index is 6.37. The van der Waals surface area contributed by atoms with Crippen LogP contribution in [0.25, 0.3) is 11.3 Å². The van der Waals surface area contributed by atoms with E-state index in [4.69, 9.17) is 21.0 Å². The van der Waals surface area contributed by atoms with Gasteiger partial charge in [-0.05, 0) is 42.8 Å². The van der Waals surface area contributed by atoms with Gasteiger partial charge in [-0.2, -0.15) is 0 Å². The second kappa shape index (κ2) is 6.98. The number of aromatic nitrogens is 1. The van der Waals surface area contributed by atoms with E-state index in [1.54, 1.807) is 0 Å². The molecule has 4 nitrogen and oxygen atoms in total. The van der Waals surface area contributed by atoms with Crippen LogP contribution in [0.4, 0.5) is 0 Å². The number of thioether (sulfide) groups is 1. The van der Waals surface area contributed by atoms with E-state index in [-0.39, 0.29) is 12.1 Å². The predicted molar refractivity (Wildman–Crippen MR) is 115 cm³/mol. The van der Waals surface area contributed by atoms with Crippen molar-refractivity contribution in [1.29, 1.82) is 0 Å². The smallest absolute Gasteiger partial charge is 0.161 e. The summed E-state index contributed by atoms with van der Waals surface area (Å²) in [6.07, 6.45) is 1.83. The molecule has 2 aromatic heterocycles. The van der Waals surface area contributed by atoms with Crippen molar-refractivity contribution >= 4 is 28.5 Å². The van der Waals surface area contributed by atoms with E-state index in [1.807, 2.05) is 67.3 Å². The van der Waals surface area contributed by atoms with E-state index in [0.29, 0.717) is 5.25 Å². The summed E-state index contributed by atoms with van der Waals surface area (Å²) in [6.45, 7) is 5.22. The highest BCUT2D eigenvalue weighted by atomic mass is 35.5. The van der Waals surface area contributed by atoms with Gasteiger partial charge < -0.3 is 9.32 Å². The number of benzene rings is 1. The van der Waals surface area contributed by atoms with Crippen molar-refractivity contribution in [2.24, 2.45) is 4.99 Å². The number of rotatable bonds is 3. The molecular weight excluding hydrogens is 390 g/mol. The van der Waals surface area contributed by atoms with Crippen molar-refractivity contribution in [3.8, 4) is 11.3 Å². The SMILES string of the molecule is Cc1c(Cl)cccc1-c1ccc(C2C(c3ccccn3)N=C3SC(C)CN32)o1. The van der Waals surface area contributed by atoms with Gasteiger partial charge in [-0.3, -0.25) is 4.98 Å². The molecule has 1 aromatic carbocycles. The van der Waals surface area contributed by atoms with Crippen LogP contribution in [-0.4, -0.2) is 26.8 Å². The molecule has 0 radical (unpaired) electrons. The van der Waals surface area contributed by atoms with Gasteiger partial charge in [0.1, 0.15) is 23.6 Å². The molecule has 3 unspecified atom stereocenters. The fraction of sp³-hybridized carbons (Fsp3) is 0.273. The molecule has 6 heteroatoms. The standard InChI is InChI=1S/C22H20ClN3OS/c1-13-12-26-21(20(25-22(26)28-13)17-8-3-4-11-24-17)19-10-9-18(27-19)15-6-5-7-16(23)14(15)2/h3-11,13,20-21H,12H2,1-2H3. The number of fused-ring (bicyclic) bond motifs is 1. The van der Waals surface area contributed by atoms with Crippen LogP contribution in [-0.2, 0) is 0 Å². The summed E-state index contributed by atoms with van der Waals surface area (Å²) in [5, 5.41) is 2.36. The van der Waals surface area contributed by atoms with Gasteiger partial charge in [-0.25, -0.2) is 4.99 Å². The van der Waals surface area contributed by atoms with Crippen LogP contribution in [0.1, 0.15) is 36.0 Å². The second-order valence-corrected chi connectivity index (χ2v) is 9.06. The molecule has 4 heterocycles. The Balaban J connectivity index is 1.55. The zero-order valence-electron chi connectivity index (χ0n) is 15.7. The minimum absolute atomic E-state index is 0.0237. The average molecular weight is 410 g/mol. The molecule has 3 atom stereocenters. The molecule has 1 fully saturated rings. The third-order valence-corrected chi connectivity index (χ3v) is 6.84. The first-order valence-corrected chi connectivity index (χ1v) is 10.6. The van der Waals surface area contributed by atoms with Crippen molar-refractivity contribution in [3.05, 3.63) is 76.8 Å². The average Bonchev–Trinajstić information content (AvgIpc) is 3.38. The molecule has 0 spiro atoms. The maximum atomic E-state index is 6.37. The number of halogens is 1. The molecule has 0 N–H and O–H groups in total. The minimum atomic E-state index is -0.0596. The fourth-order valence-electron chi connectivity index (χ4n) is 3.96. The normalized spacial score (nSPS) is 23.8. The van der Waals surface area contributed by atoms with E-state index in [9.17, 15) is 0 Å². The number of hydrogen-bond donors (Lipinski definition) is 0. The number of nitrogens with zero attached hydrogens (tertiary/aromatic N) is 3. The van der Waals surface area contributed by atoms with Crippen molar-refractivity contribution in [1.82, 2.24) is 9.88 Å².